The maximum Gasteiger partial charge on any atom is 0.0386 e. The zero-order chi connectivity index (χ0) is 14.9. The van der Waals surface area contributed by atoms with Crippen molar-refractivity contribution in [1.82, 2.24) is 0 Å². The lowest BCUT2D eigenvalue weighted by atomic mass is 9.74. The van der Waals surface area contributed by atoms with E-state index in [0.717, 1.165) is 6.42 Å². The summed E-state index contributed by atoms with van der Waals surface area (Å²) in [6, 6.07) is 17.6. The second kappa shape index (κ2) is 5.65. The molecule has 0 amide bonds. The summed E-state index contributed by atoms with van der Waals surface area (Å²) < 4.78 is 0. The van der Waals surface area contributed by atoms with Gasteiger partial charge in [0.05, 0.1) is 0 Å². The molecule has 0 aromatic heterocycles. The van der Waals surface area contributed by atoms with Crippen LogP contribution in [0, 0.1) is 6.92 Å². The van der Waals surface area contributed by atoms with Gasteiger partial charge >= 0.3 is 0 Å². The van der Waals surface area contributed by atoms with Crippen molar-refractivity contribution < 1.29 is 0 Å². The number of fused-ring (bicyclic) bond motifs is 1. The van der Waals surface area contributed by atoms with E-state index in [2.05, 4.69) is 62.4 Å². The van der Waals surface area contributed by atoms with Crippen molar-refractivity contribution in [2.24, 2.45) is 5.73 Å². The molecule has 0 fully saturated rings. The van der Waals surface area contributed by atoms with Crippen LogP contribution in [0.5, 0.6) is 0 Å². The Bertz CT molecular complexity index is 610. The molecule has 2 aromatic carbocycles. The van der Waals surface area contributed by atoms with Crippen LogP contribution in [-0.2, 0) is 12.0 Å². The molecule has 0 saturated carbocycles. The smallest absolute Gasteiger partial charge is 0.0386 e. The van der Waals surface area contributed by atoms with E-state index in [4.69, 9.17) is 5.73 Å². The molecule has 1 aliphatic carbocycles. The Morgan fingerprint density at radius 1 is 1.10 bits per heavy atom. The molecule has 1 nitrogen and oxygen atoms in total. The van der Waals surface area contributed by atoms with E-state index < -0.39 is 0 Å². The van der Waals surface area contributed by atoms with Crippen molar-refractivity contribution in [3.05, 3.63) is 70.8 Å². The standard InChI is InChI=1S/C20H25N/c1-15-10-12-18(13-11-15)20(2,21)14-17-8-5-7-16-6-3-4-9-19(16)17/h3-4,6,9-13,17H,5,7-8,14,21H2,1-2H3. The highest BCUT2D eigenvalue weighted by molar-refractivity contribution is 5.34. The maximum atomic E-state index is 6.68. The minimum Gasteiger partial charge on any atom is -0.322 e. The molecule has 110 valence electrons. The quantitative estimate of drug-likeness (QED) is 0.867. The van der Waals surface area contributed by atoms with Gasteiger partial charge in [0.1, 0.15) is 0 Å². The van der Waals surface area contributed by atoms with Gasteiger partial charge in [-0.05, 0) is 62.1 Å². The fourth-order valence-corrected chi connectivity index (χ4v) is 3.63. The number of rotatable bonds is 3. The Hall–Kier alpha value is -1.60. The van der Waals surface area contributed by atoms with Gasteiger partial charge in [0.15, 0.2) is 0 Å². The molecule has 2 aromatic rings. The van der Waals surface area contributed by atoms with E-state index in [9.17, 15) is 0 Å². The summed E-state index contributed by atoms with van der Waals surface area (Å²) in [6.07, 6.45) is 4.78. The highest BCUT2D eigenvalue weighted by Gasteiger charge is 2.29. The van der Waals surface area contributed by atoms with Crippen LogP contribution in [-0.4, -0.2) is 0 Å². The molecule has 1 heteroatoms. The van der Waals surface area contributed by atoms with Crippen molar-refractivity contribution in [2.75, 3.05) is 0 Å². The molecule has 0 bridgehead atoms. The lowest BCUT2D eigenvalue weighted by molar-refractivity contribution is 0.376. The monoisotopic (exact) mass is 279 g/mol. The van der Waals surface area contributed by atoms with Crippen LogP contribution in [0.2, 0.25) is 0 Å². The van der Waals surface area contributed by atoms with Gasteiger partial charge in [-0.3, -0.25) is 0 Å². The van der Waals surface area contributed by atoms with Crippen LogP contribution < -0.4 is 5.73 Å². The fraction of sp³-hybridized carbons (Fsp3) is 0.400. The first-order chi connectivity index (χ1) is 10.1. The first kappa shape index (κ1) is 14.3. The van der Waals surface area contributed by atoms with E-state index in [1.807, 2.05) is 0 Å². The van der Waals surface area contributed by atoms with Gasteiger partial charge in [-0.25, -0.2) is 0 Å². The molecule has 2 atom stereocenters. The predicted molar refractivity (Wildman–Crippen MR) is 89.5 cm³/mol. The largest absolute Gasteiger partial charge is 0.322 e. The van der Waals surface area contributed by atoms with E-state index >= 15 is 0 Å². The molecule has 0 heterocycles. The lowest BCUT2D eigenvalue weighted by Gasteiger charge is -2.33. The minimum atomic E-state index is -0.261. The maximum absolute atomic E-state index is 6.68. The first-order valence-corrected chi connectivity index (χ1v) is 8.00. The van der Waals surface area contributed by atoms with Gasteiger partial charge in [-0.2, -0.15) is 0 Å². The molecule has 21 heavy (non-hydrogen) atoms. The average Bonchev–Trinajstić information content (AvgIpc) is 2.48. The zero-order valence-electron chi connectivity index (χ0n) is 13.1. The van der Waals surface area contributed by atoms with Gasteiger partial charge in [-0.15, -0.1) is 0 Å². The average molecular weight is 279 g/mol. The summed E-state index contributed by atoms with van der Waals surface area (Å²) in [5.41, 5.74) is 12.0. The SMILES string of the molecule is Cc1ccc(C(C)(N)CC2CCCc3ccccc32)cc1. The Kier molecular flexibility index (Phi) is 3.86. The molecule has 0 aliphatic heterocycles. The van der Waals surface area contributed by atoms with Crippen LogP contribution >= 0.6 is 0 Å². The molecular weight excluding hydrogens is 254 g/mol. The van der Waals surface area contributed by atoms with Crippen molar-refractivity contribution in [1.29, 1.82) is 0 Å². The lowest BCUT2D eigenvalue weighted by Crippen LogP contribution is -2.35. The van der Waals surface area contributed by atoms with E-state index in [1.54, 1.807) is 0 Å². The Balaban J connectivity index is 1.84. The number of nitrogens with two attached hydrogens (primary N) is 1. The third kappa shape index (κ3) is 3.03. The van der Waals surface area contributed by atoms with Gasteiger partial charge in [0, 0.05) is 5.54 Å². The molecule has 0 spiro atoms. The number of aryl methyl sites for hydroxylation is 2. The predicted octanol–water partition coefficient (Wildman–Crippen LogP) is 4.68. The molecule has 2 N–H and O–H groups in total. The second-order valence-electron chi connectivity index (χ2n) is 6.78. The van der Waals surface area contributed by atoms with Crippen LogP contribution in [0.4, 0.5) is 0 Å². The highest BCUT2D eigenvalue weighted by atomic mass is 14.7. The Labute approximate surface area is 128 Å². The molecule has 3 rings (SSSR count). The first-order valence-electron chi connectivity index (χ1n) is 8.00. The van der Waals surface area contributed by atoms with Gasteiger partial charge < -0.3 is 5.73 Å². The van der Waals surface area contributed by atoms with Crippen molar-refractivity contribution in [2.45, 2.75) is 51.0 Å². The minimum absolute atomic E-state index is 0.261. The van der Waals surface area contributed by atoms with Crippen LogP contribution in [0.15, 0.2) is 48.5 Å². The van der Waals surface area contributed by atoms with Crippen LogP contribution in [0.25, 0.3) is 0 Å². The molecular formula is C20H25N. The molecule has 1 aliphatic rings. The van der Waals surface area contributed by atoms with Crippen molar-refractivity contribution in [3.8, 4) is 0 Å². The number of benzene rings is 2. The summed E-state index contributed by atoms with van der Waals surface area (Å²) in [5, 5.41) is 0. The summed E-state index contributed by atoms with van der Waals surface area (Å²) in [5.74, 6) is 0.589. The number of hydrogen-bond acceptors (Lipinski definition) is 1. The van der Waals surface area contributed by atoms with E-state index in [-0.39, 0.29) is 5.54 Å². The van der Waals surface area contributed by atoms with Crippen molar-refractivity contribution >= 4 is 0 Å². The Morgan fingerprint density at radius 2 is 1.81 bits per heavy atom. The van der Waals surface area contributed by atoms with Gasteiger partial charge in [0.2, 0.25) is 0 Å². The zero-order valence-corrected chi connectivity index (χ0v) is 13.1. The van der Waals surface area contributed by atoms with E-state index in [0.29, 0.717) is 5.92 Å². The highest BCUT2D eigenvalue weighted by Crippen LogP contribution is 2.39. The number of hydrogen-bond donors (Lipinski definition) is 1. The van der Waals surface area contributed by atoms with Gasteiger partial charge in [-0.1, -0.05) is 54.1 Å². The topological polar surface area (TPSA) is 26.0 Å². The summed E-state index contributed by atoms with van der Waals surface area (Å²) in [7, 11) is 0. The summed E-state index contributed by atoms with van der Waals surface area (Å²) in [4.78, 5) is 0. The fourth-order valence-electron chi connectivity index (χ4n) is 3.63. The molecule has 2 unspecified atom stereocenters. The normalized spacial score (nSPS) is 20.6. The second-order valence-corrected chi connectivity index (χ2v) is 6.78. The third-order valence-corrected chi connectivity index (χ3v) is 4.88. The van der Waals surface area contributed by atoms with Crippen molar-refractivity contribution in [3.63, 3.8) is 0 Å². The Morgan fingerprint density at radius 3 is 2.57 bits per heavy atom. The third-order valence-electron chi connectivity index (χ3n) is 4.88. The van der Waals surface area contributed by atoms with Gasteiger partial charge in [0.25, 0.3) is 0 Å². The molecule has 0 radical (unpaired) electrons. The van der Waals surface area contributed by atoms with E-state index in [1.165, 1.54) is 41.5 Å². The molecule has 0 saturated heterocycles. The van der Waals surface area contributed by atoms with Crippen LogP contribution in [0.3, 0.4) is 0 Å². The van der Waals surface area contributed by atoms with Crippen LogP contribution in [0.1, 0.15) is 54.4 Å². The summed E-state index contributed by atoms with van der Waals surface area (Å²) >= 11 is 0. The summed E-state index contributed by atoms with van der Waals surface area (Å²) in [6.45, 7) is 4.30.